The molecular weight excluding hydrogens is 452 g/mol. The van der Waals surface area contributed by atoms with E-state index >= 15 is 0 Å². The lowest BCUT2D eigenvalue weighted by Crippen LogP contribution is -2.41. The number of ether oxygens (including phenoxy) is 2. The topological polar surface area (TPSA) is 147 Å². The smallest absolute Gasteiger partial charge is 0.254 e. The molecule has 1 aliphatic heterocycles. The summed E-state index contributed by atoms with van der Waals surface area (Å²) in [5.74, 6) is 0.981. The number of aromatic amines is 1. The van der Waals surface area contributed by atoms with E-state index in [9.17, 15) is 14.4 Å². The van der Waals surface area contributed by atoms with Crippen LogP contribution in [0.4, 0.5) is 11.6 Å². The fourth-order valence-corrected chi connectivity index (χ4v) is 3.74. The average molecular weight is 479 g/mol. The van der Waals surface area contributed by atoms with Crippen LogP contribution in [0.3, 0.4) is 0 Å². The minimum atomic E-state index is -0.829. The summed E-state index contributed by atoms with van der Waals surface area (Å²) in [5, 5.41) is 14.9. The van der Waals surface area contributed by atoms with Gasteiger partial charge in [-0.25, -0.2) is 0 Å². The lowest BCUT2D eigenvalue weighted by molar-refractivity contribution is -0.118. The summed E-state index contributed by atoms with van der Waals surface area (Å²) in [5.41, 5.74) is 1.87. The first kappa shape index (κ1) is 23.7. The highest BCUT2D eigenvalue weighted by molar-refractivity contribution is 6.09. The summed E-state index contributed by atoms with van der Waals surface area (Å²) in [6, 6.07) is 11.6. The van der Waals surface area contributed by atoms with Gasteiger partial charge in [0.05, 0.1) is 25.5 Å². The number of methoxy groups -OCH3 is 2. The molecule has 1 atom stereocenters. The Morgan fingerprint density at radius 3 is 2.66 bits per heavy atom. The number of hydrogen-bond donors (Lipinski definition) is 4. The van der Waals surface area contributed by atoms with Crippen molar-refractivity contribution in [2.75, 3.05) is 24.9 Å². The lowest BCUT2D eigenvalue weighted by atomic mass is 10.1. The van der Waals surface area contributed by atoms with Crippen LogP contribution < -0.4 is 25.4 Å². The lowest BCUT2D eigenvalue weighted by Gasteiger charge is -2.13. The summed E-state index contributed by atoms with van der Waals surface area (Å²) < 4.78 is 10.6. The van der Waals surface area contributed by atoms with Gasteiger partial charge in [-0.15, -0.1) is 5.10 Å². The number of H-pyrrole nitrogens is 1. The van der Waals surface area contributed by atoms with E-state index in [4.69, 9.17) is 9.47 Å². The van der Waals surface area contributed by atoms with Crippen LogP contribution in [0.1, 0.15) is 34.6 Å². The van der Waals surface area contributed by atoms with Gasteiger partial charge < -0.3 is 20.1 Å². The molecule has 3 amide bonds. The number of rotatable bonds is 9. The first-order valence-electron chi connectivity index (χ1n) is 11.1. The molecule has 0 fully saturated rings. The van der Waals surface area contributed by atoms with E-state index in [0.29, 0.717) is 41.4 Å². The quantitative estimate of drug-likeness (QED) is 0.368. The monoisotopic (exact) mass is 478 g/mol. The van der Waals surface area contributed by atoms with Crippen molar-refractivity contribution in [3.05, 3.63) is 59.4 Å². The molecule has 0 saturated heterocycles. The van der Waals surface area contributed by atoms with Crippen LogP contribution in [0.5, 0.6) is 11.5 Å². The molecule has 0 saturated carbocycles. The molecule has 2 heterocycles. The van der Waals surface area contributed by atoms with Crippen LogP contribution in [-0.2, 0) is 22.4 Å². The summed E-state index contributed by atoms with van der Waals surface area (Å²) in [6.45, 7) is 0. The predicted molar refractivity (Wildman–Crippen MR) is 128 cm³/mol. The number of amides is 3. The molecule has 1 aromatic heterocycles. The van der Waals surface area contributed by atoms with E-state index in [2.05, 4.69) is 31.1 Å². The van der Waals surface area contributed by atoms with Gasteiger partial charge in [0.1, 0.15) is 11.9 Å². The third-order valence-electron chi connectivity index (χ3n) is 5.59. The number of benzene rings is 2. The molecular formula is C24H26N6O5. The molecule has 11 nitrogen and oxygen atoms in total. The molecule has 3 aromatic rings. The molecule has 0 bridgehead atoms. The van der Waals surface area contributed by atoms with Crippen molar-refractivity contribution in [3.8, 4) is 11.5 Å². The first-order valence-corrected chi connectivity index (χ1v) is 11.1. The summed E-state index contributed by atoms with van der Waals surface area (Å²) in [4.78, 5) is 41.5. The second kappa shape index (κ2) is 10.7. The number of nitrogens with zero attached hydrogens (tertiary/aromatic N) is 2. The van der Waals surface area contributed by atoms with Gasteiger partial charge >= 0.3 is 0 Å². The normalized spacial score (nSPS) is 14.9. The molecule has 0 radical (unpaired) electrons. The Labute approximate surface area is 201 Å². The Bertz CT molecular complexity index is 1240. The molecule has 0 aliphatic carbocycles. The van der Waals surface area contributed by atoms with Crippen LogP contribution in [0.25, 0.3) is 0 Å². The van der Waals surface area contributed by atoms with Crippen LogP contribution in [0, 0.1) is 0 Å². The van der Waals surface area contributed by atoms with E-state index in [1.165, 1.54) is 0 Å². The van der Waals surface area contributed by atoms with E-state index < -0.39 is 6.04 Å². The number of hydrogen-bond acceptors (Lipinski definition) is 7. The number of aryl methyl sites for hydroxylation is 2. The summed E-state index contributed by atoms with van der Waals surface area (Å²) in [7, 11) is 3.17. The number of nitrogens with one attached hydrogen (secondary N) is 4. The van der Waals surface area contributed by atoms with E-state index in [1.54, 1.807) is 38.5 Å². The zero-order valence-corrected chi connectivity index (χ0v) is 19.4. The Morgan fingerprint density at radius 1 is 1.06 bits per heavy atom. The van der Waals surface area contributed by atoms with Crippen molar-refractivity contribution < 1.29 is 23.9 Å². The molecule has 35 heavy (non-hydrogen) atoms. The fraction of sp³-hybridized carbons (Fsp3) is 0.292. The molecule has 1 unspecified atom stereocenters. The second-order valence-corrected chi connectivity index (χ2v) is 7.94. The standard InChI is InChI=1S/C24H26N6O5/c1-34-18-10-7-14(13-19(18)35-2)8-11-20-27-24(30-29-20)28-21(31)12-9-17-23(33)25-16-6-4-3-5-15(16)22(32)26-17/h3-7,10,13,17H,8-9,11-12H2,1-2H3,(H,25,33)(H,26,32)(H2,27,28,29,30,31). The van der Waals surface area contributed by atoms with E-state index in [-0.39, 0.29) is 36.5 Å². The molecule has 4 N–H and O–H groups in total. The van der Waals surface area contributed by atoms with Gasteiger partial charge in [0.2, 0.25) is 17.8 Å². The van der Waals surface area contributed by atoms with Gasteiger partial charge in [0, 0.05) is 12.8 Å². The van der Waals surface area contributed by atoms with Gasteiger partial charge in [-0.1, -0.05) is 18.2 Å². The highest BCUT2D eigenvalue weighted by atomic mass is 16.5. The average Bonchev–Trinajstić information content (AvgIpc) is 3.27. The van der Waals surface area contributed by atoms with Crippen molar-refractivity contribution >= 4 is 29.4 Å². The second-order valence-electron chi connectivity index (χ2n) is 7.94. The van der Waals surface area contributed by atoms with E-state index in [0.717, 1.165) is 5.56 Å². The molecule has 11 heteroatoms. The largest absolute Gasteiger partial charge is 0.493 e. The predicted octanol–water partition coefficient (Wildman–Crippen LogP) is 2.08. The molecule has 182 valence electrons. The maximum absolute atomic E-state index is 12.5. The first-order chi connectivity index (χ1) is 17.0. The van der Waals surface area contributed by atoms with Crippen molar-refractivity contribution in [1.82, 2.24) is 20.5 Å². The van der Waals surface area contributed by atoms with Crippen LogP contribution in [0.2, 0.25) is 0 Å². The molecule has 0 spiro atoms. The third-order valence-corrected chi connectivity index (χ3v) is 5.59. The Morgan fingerprint density at radius 2 is 1.86 bits per heavy atom. The summed E-state index contributed by atoms with van der Waals surface area (Å²) >= 11 is 0. The summed E-state index contributed by atoms with van der Waals surface area (Å²) in [6.07, 6.45) is 1.40. The van der Waals surface area contributed by atoms with Crippen LogP contribution in [0.15, 0.2) is 42.5 Å². The maximum atomic E-state index is 12.5. The highest BCUT2D eigenvalue weighted by Gasteiger charge is 2.28. The van der Waals surface area contributed by atoms with Crippen LogP contribution in [-0.4, -0.2) is 53.2 Å². The van der Waals surface area contributed by atoms with E-state index in [1.807, 2.05) is 18.2 Å². The molecule has 1 aliphatic rings. The Balaban J connectivity index is 1.27. The van der Waals surface area contributed by atoms with Gasteiger partial charge in [0.25, 0.3) is 5.91 Å². The van der Waals surface area contributed by atoms with Crippen molar-refractivity contribution in [1.29, 1.82) is 0 Å². The number of fused-ring (bicyclic) bond motifs is 1. The number of carbonyl (C=O) groups excluding carboxylic acids is 3. The maximum Gasteiger partial charge on any atom is 0.254 e. The molecule has 4 rings (SSSR count). The number of carbonyl (C=O) groups is 3. The Hall–Kier alpha value is -4.41. The van der Waals surface area contributed by atoms with Gasteiger partial charge in [-0.05, 0) is 42.7 Å². The van der Waals surface area contributed by atoms with Gasteiger partial charge in [-0.3, -0.25) is 24.8 Å². The third kappa shape index (κ3) is 5.75. The van der Waals surface area contributed by atoms with Gasteiger partial charge in [0.15, 0.2) is 11.5 Å². The number of aromatic nitrogens is 3. The van der Waals surface area contributed by atoms with Crippen LogP contribution >= 0.6 is 0 Å². The zero-order valence-electron chi connectivity index (χ0n) is 19.4. The van der Waals surface area contributed by atoms with Crippen molar-refractivity contribution in [2.24, 2.45) is 0 Å². The van der Waals surface area contributed by atoms with Crippen molar-refractivity contribution in [2.45, 2.75) is 31.7 Å². The number of para-hydroxylation sites is 1. The minimum absolute atomic E-state index is 0.00419. The highest BCUT2D eigenvalue weighted by Crippen LogP contribution is 2.28. The SMILES string of the molecule is COc1ccc(CCc2nc(NC(=O)CCC3NC(=O)c4ccccc4NC3=O)n[nH]2)cc1OC. The minimum Gasteiger partial charge on any atom is -0.493 e. The number of anilines is 2. The Kier molecular flexibility index (Phi) is 7.24. The van der Waals surface area contributed by atoms with Crippen molar-refractivity contribution in [3.63, 3.8) is 0 Å². The molecule has 2 aromatic carbocycles. The fourth-order valence-electron chi connectivity index (χ4n) is 3.74. The van der Waals surface area contributed by atoms with Gasteiger partial charge in [-0.2, -0.15) is 4.98 Å². The zero-order chi connectivity index (χ0) is 24.8.